The van der Waals surface area contributed by atoms with Crippen LogP contribution in [0.4, 0.5) is 0 Å². The number of ether oxygens (including phenoxy) is 1. The van der Waals surface area contributed by atoms with Gasteiger partial charge in [0, 0.05) is 29.2 Å². The minimum atomic E-state index is -1.03. The van der Waals surface area contributed by atoms with Crippen molar-refractivity contribution in [2.24, 2.45) is 0 Å². The molecule has 1 heterocycles. The first-order valence-corrected chi connectivity index (χ1v) is 9.30. The van der Waals surface area contributed by atoms with E-state index in [1.807, 2.05) is 4.90 Å². The molecule has 1 aromatic rings. The summed E-state index contributed by atoms with van der Waals surface area (Å²) >= 11 is 3.31. The minimum Gasteiger partial charge on any atom is -0.478 e. The van der Waals surface area contributed by atoms with E-state index in [4.69, 9.17) is 4.74 Å². The largest absolute Gasteiger partial charge is 0.478 e. The molecule has 2 fully saturated rings. The van der Waals surface area contributed by atoms with Crippen LogP contribution in [0.15, 0.2) is 22.7 Å². The van der Waals surface area contributed by atoms with Gasteiger partial charge < -0.3 is 14.7 Å². The van der Waals surface area contributed by atoms with E-state index in [2.05, 4.69) is 15.9 Å². The maximum absolute atomic E-state index is 13.1. The Hall–Kier alpha value is -1.40. The highest BCUT2D eigenvalue weighted by molar-refractivity contribution is 9.10. The van der Waals surface area contributed by atoms with Gasteiger partial charge in [-0.05, 0) is 43.9 Å². The number of amides is 1. The van der Waals surface area contributed by atoms with Crippen molar-refractivity contribution < 1.29 is 19.4 Å². The van der Waals surface area contributed by atoms with Gasteiger partial charge in [-0.15, -0.1) is 0 Å². The van der Waals surface area contributed by atoms with Crippen molar-refractivity contribution in [2.75, 3.05) is 13.2 Å². The van der Waals surface area contributed by atoms with Gasteiger partial charge in [0.25, 0.3) is 5.91 Å². The fourth-order valence-corrected chi connectivity index (χ4v) is 4.12. The summed E-state index contributed by atoms with van der Waals surface area (Å²) in [6.07, 6.45) is 6.42. The number of carbonyl (C=O) groups is 2. The number of hydrogen-bond donors (Lipinski definition) is 1. The molecular weight excluding hydrogens is 374 g/mol. The van der Waals surface area contributed by atoms with Gasteiger partial charge in [0.15, 0.2) is 0 Å². The summed E-state index contributed by atoms with van der Waals surface area (Å²) in [7, 11) is 0. The summed E-state index contributed by atoms with van der Waals surface area (Å²) in [6.45, 7) is 1.36. The predicted octanol–water partition coefficient (Wildman–Crippen LogP) is 3.71. The maximum Gasteiger partial charge on any atom is 0.335 e. The molecule has 1 atom stereocenters. The van der Waals surface area contributed by atoms with Crippen LogP contribution >= 0.6 is 15.9 Å². The SMILES string of the molecule is O=C(O)c1cc(Br)cc(C(=O)N(CC2CCCO2)C2CCCC2)c1. The fourth-order valence-electron chi connectivity index (χ4n) is 3.62. The molecule has 5 nitrogen and oxygen atoms in total. The lowest BCUT2D eigenvalue weighted by Gasteiger charge is -2.31. The standard InChI is InChI=1S/C18H22BrNO4/c19-14-9-12(8-13(10-14)18(22)23)17(21)20(15-4-1-2-5-15)11-16-6-3-7-24-16/h8-10,15-16H,1-7,11H2,(H,22,23). The number of rotatable bonds is 5. The summed E-state index contributed by atoms with van der Waals surface area (Å²) in [5, 5.41) is 9.23. The second-order valence-electron chi connectivity index (χ2n) is 6.56. The third kappa shape index (κ3) is 3.98. The highest BCUT2D eigenvalue weighted by atomic mass is 79.9. The van der Waals surface area contributed by atoms with Crippen LogP contribution in [0.3, 0.4) is 0 Å². The normalized spacial score (nSPS) is 21.1. The van der Waals surface area contributed by atoms with Crippen molar-refractivity contribution >= 4 is 27.8 Å². The zero-order chi connectivity index (χ0) is 17.1. The lowest BCUT2D eigenvalue weighted by molar-refractivity contribution is 0.0420. The van der Waals surface area contributed by atoms with Gasteiger partial charge in [-0.3, -0.25) is 4.79 Å². The van der Waals surface area contributed by atoms with Crippen LogP contribution in [-0.4, -0.2) is 47.2 Å². The Balaban J connectivity index is 1.85. The van der Waals surface area contributed by atoms with E-state index >= 15 is 0 Å². The molecule has 1 N–H and O–H groups in total. The van der Waals surface area contributed by atoms with E-state index in [-0.39, 0.29) is 23.6 Å². The van der Waals surface area contributed by atoms with Crippen molar-refractivity contribution in [2.45, 2.75) is 50.7 Å². The molecule has 1 aliphatic carbocycles. The third-order valence-electron chi connectivity index (χ3n) is 4.84. The highest BCUT2D eigenvalue weighted by Crippen LogP contribution is 2.28. The predicted molar refractivity (Wildman–Crippen MR) is 93.4 cm³/mol. The van der Waals surface area contributed by atoms with E-state index in [0.717, 1.165) is 45.1 Å². The molecule has 0 spiro atoms. The number of aromatic carboxylic acids is 1. The Morgan fingerprint density at radius 2 is 1.83 bits per heavy atom. The Kier molecular flexibility index (Phi) is 5.56. The second-order valence-corrected chi connectivity index (χ2v) is 7.48. The quantitative estimate of drug-likeness (QED) is 0.824. The molecule has 1 unspecified atom stereocenters. The van der Waals surface area contributed by atoms with E-state index in [1.54, 1.807) is 6.07 Å². The van der Waals surface area contributed by atoms with Crippen LogP contribution in [-0.2, 0) is 4.74 Å². The van der Waals surface area contributed by atoms with Crippen molar-refractivity contribution in [1.29, 1.82) is 0 Å². The van der Waals surface area contributed by atoms with E-state index in [1.165, 1.54) is 12.1 Å². The van der Waals surface area contributed by atoms with Crippen molar-refractivity contribution in [3.63, 3.8) is 0 Å². The molecule has 130 valence electrons. The van der Waals surface area contributed by atoms with Crippen molar-refractivity contribution in [3.8, 4) is 0 Å². The highest BCUT2D eigenvalue weighted by Gasteiger charge is 2.31. The molecule has 0 bridgehead atoms. The molecule has 0 radical (unpaired) electrons. The van der Waals surface area contributed by atoms with Crippen LogP contribution in [0, 0.1) is 0 Å². The van der Waals surface area contributed by atoms with E-state index in [9.17, 15) is 14.7 Å². The Bertz CT molecular complexity index is 621. The molecule has 2 aliphatic rings. The first kappa shape index (κ1) is 17.4. The Labute approximate surface area is 150 Å². The zero-order valence-corrected chi connectivity index (χ0v) is 15.1. The summed E-state index contributed by atoms with van der Waals surface area (Å²) in [5.74, 6) is -1.13. The molecule has 3 rings (SSSR count). The van der Waals surface area contributed by atoms with Crippen LogP contribution in [0.5, 0.6) is 0 Å². The fraction of sp³-hybridized carbons (Fsp3) is 0.556. The molecule has 1 saturated carbocycles. The first-order chi connectivity index (χ1) is 11.5. The summed E-state index contributed by atoms with van der Waals surface area (Å²) in [6, 6.07) is 4.91. The van der Waals surface area contributed by atoms with Crippen LogP contribution in [0.25, 0.3) is 0 Å². The number of carbonyl (C=O) groups excluding carboxylic acids is 1. The minimum absolute atomic E-state index is 0.0961. The summed E-state index contributed by atoms with van der Waals surface area (Å²) < 4.78 is 6.32. The van der Waals surface area contributed by atoms with Gasteiger partial charge in [-0.2, -0.15) is 0 Å². The molecule has 0 aromatic heterocycles. The topological polar surface area (TPSA) is 66.8 Å². The number of halogens is 1. The Morgan fingerprint density at radius 1 is 1.12 bits per heavy atom. The van der Waals surface area contributed by atoms with Crippen LogP contribution in [0.1, 0.15) is 59.2 Å². The number of benzene rings is 1. The average molecular weight is 396 g/mol. The lowest BCUT2D eigenvalue weighted by Crippen LogP contribution is -2.43. The number of carboxylic acid groups (broad SMARTS) is 1. The van der Waals surface area contributed by atoms with Gasteiger partial charge >= 0.3 is 5.97 Å². The van der Waals surface area contributed by atoms with E-state index in [0.29, 0.717) is 16.6 Å². The smallest absolute Gasteiger partial charge is 0.335 e. The van der Waals surface area contributed by atoms with Gasteiger partial charge in [-0.1, -0.05) is 28.8 Å². The van der Waals surface area contributed by atoms with Crippen molar-refractivity contribution in [3.05, 3.63) is 33.8 Å². The molecule has 1 saturated heterocycles. The summed E-state index contributed by atoms with van der Waals surface area (Å²) in [5.41, 5.74) is 0.544. The van der Waals surface area contributed by atoms with Crippen LogP contribution in [0.2, 0.25) is 0 Å². The van der Waals surface area contributed by atoms with Gasteiger partial charge in [0.1, 0.15) is 0 Å². The monoisotopic (exact) mass is 395 g/mol. The Morgan fingerprint density at radius 3 is 2.46 bits per heavy atom. The van der Waals surface area contributed by atoms with Gasteiger partial charge in [-0.25, -0.2) is 4.79 Å². The molecule has 6 heteroatoms. The van der Waals surface area contributed by atoms with Gasteiger partial charge in [0.05, 0.1) is 11.7 Å². The first-order valence-electron chi connectivity index (χ1n) is 8.51. The number of hydrogen-bond acceptors (Lipinski definition) is 3. The zero-order valence-electron chi connectivity index (χ0n) is 13.5. The molecule has 1 aliphatic heterocycles. The molecule has 1 aromatic carbocycles. The molecule has 24 heavy (non-hydrogen) atoms. The maximum atomic E-state index is 13.1. The summed E-state index contributed by atoms with van der Waals surface area (Å²) in [4.78, 5) is 26.3. The van der Waals surface area contributed by atoms with Crippen LogP contribution < -0.4 is 0 Å². The number of carboxylic acids is 1. The lowest BCUT2D eigenvalue weighted by atomic mass is 10.1. The average Bonchev–Trinajstić information content (AvgIpc) is 3.24. The van der Waals surface area contributed by atoms with Crippen molar-refractivity contribution in [1.82, 2.24) is 4.90 Å². The number of nitrogens with zero attached hydrogens (tertiary/aromatic N) is 1. The van der Waals surface area contributed by atoms with Gasteiger partial charge in [0.2, 0.25) is 0 Å². The third-order valence-corrected chi connectivity index (χ3v) is 5.30. The molecule has 1 amide bonds. The second kappa shape index (κ2) is 7.66. The van der Waals surface area contributed by atoms with E-state index < -0.39 is 5.97 Å². The molecular formula is C18H22BrNO4.